The molecule has 2 heteroatoms. The van der Waals surface area contributed by atoms with Gasteiger partial charge in [0.1, 0.15) is 0 Å². The van der Waals surface area contributed by atoms with Crippen LogP contribution in [0.1, 0.15) is 37.3 Å². The first-order valence-electron chi connectivity index (χ1n) is 6.81. The molecule has 2 nitrogen and oxygen atoms in total. The number of benzene rings is 1. The van der Waals surface area contributed by atoms with Gasteiger partial charge in [-0.25, -0.2) is 0 Å². The molecular weight excluding hydrogens is 208 g/mol. The monoisotopic (exact) mass is 232 g/mol. The van der Waals surface area contributed by atoms with Crippen LogP contribution >= 0.6 is 0 Å². The molecule has 2 rings (SSSR count). The van der Waals surface area contributed by atoms with Gasteiger partial charge in [-0.3, -0.25) is 0 Å². The van der Waals surface area contributed by atoms with Crippen LogP contribution in [0.15, 0.2) is 18.2 Å². The highest BCUT2D eigenvalue weighted by Crippen LogP contribution is 2.32. The number of anilines is 1. The lowest BCUT2D eigenvalue weighted by atomic mass is 9.89. The SMILES string of the molecule is CCN(CC)CC1CCNc2cc(C)ccc21. The lowest BCUT2D eigenvalue weighted by molar-refractivity contribution is 0.278. The molecule has 0 fully saturated rings. The summed E-state index contributed by atoms with van der Waals surface area (Å²) in [5.41, 5.74) is 4.21. The normalized spacial score (nSPS) is 18.9. The van der Waals surface area contributed by atoms with Crippen molar-refractivity contribution in [1.82, 2.24) is 4.90 Å². The molecule has 1 aromatic carbocycles. The summed E-state index contributed by atoms with van der Waals surface area (Å²) in [4.78, 5) is 2.53. The van der Waals surface area contributed by atoms with E-state index in [1.165, 1.54) is 29.8 Å². The predicted octanol–water partition coefficient (Wildman–Crippen LogP) is 3.24. The molecular formula is C15H24N2. The summed E-state index contributed by atoms with van der Waals surface area (Å²) in [6, 6.07) is 6.83. The van der Waals surface area contributed by atoms with Crippen molar-refractivity contribution in [2.24, 2.45) is 0 Å². The topological polar surface area (TPSA) is 15.3 Å². The van der Waals surface area contributed by atoms with Gasteiger partial charge in [-0.05, 0) is 43.6 Å². The largest absolute Gasteiger partial charge is 0.385 e. The van der Waals surface area contributed by atoms with E-state index in [9.17, 15) is 0 Å². The maximum Gasteiger partial charge on any atom is 0.0378 e. The molecule has 0 aromatic heterocycles. The third kappa shape index (κ3) is 2.81. The Morgan fingerprint density at radius 2 is 2.06 bits per heavy atom. The van der Waals surface area contributed by atoms with Crippen molar-refractivity contribution >= 4 is 5.69 Å². The number of hydrogen-bond donors (Lipinski definition) is 1. The van der Waals surface area contributed by atoms with Crippen molar-refractivity contribution in [3.8, 4) is 0 Å². The van der Waals surface area contributed by atoms with Crippen LogP contribution in [-0.4, -0.2) is 31.1 Å². The smallest absolute Gasteiger partial charge is 0.0378 e. The van der Waals surface area contributed by atoms with Crippen LogP contribution in [0.2, 0.25) is 0 Å². The fourth-order valence-corrected chi connectivity index (χ4v) is 2.70. The number of rotatable bonds is 4. The third-order valence-electron chi connectivity index (χ3n) is 3.83. The van der Waals surface area contributed by atoms with Gasteiger partial charge in [0.25, 0.3) is 0 Å². The molecule has 0 aliphatic carbocycles. The average molecular weight is 232 g/mol. The number of aryl methyl sites for hydroxylation is 1. The second kappa shape index (κ2) is 5.54. The summed E-state index contributed by atoms with van der Waals surface area (Å²) >= 11 is 0. The van der Waals surface area contributed by atoms with E-state index in [-0.39, 0.29) is 0 Å². The van der Waals surface area contributed by atoms with E-state index in [1.807, 2.05) is 0 Å². The van der Waals surface area contributed by atoms with Crippen LogP contribution < -0.4 is 5.32 Å². The van der Waals surface area contributed by atoms with Crippen LogP contribution in [0.5, 0.6) is 0 Å². The lowest BCUT2D eigenvalue weighted by Crippen LogP contribution is -2.31. The maximum absolute atomic E-state index is 3.52. The molecule has 1 aliphatic rings. The van der Waals surface area contributed by atoms with Crippen LogP contribution in [-0.2, 0) is 0 Å². The molecule has 0 radical (unpaired) electrons. The molecule has 1 unspecified atom stereocenters. The first-order chi connectivity index (χ1) is 8.24. The van der Waals surface area contributed by atoms with Gasteiger partial charge in [0.2, 0.25) is 0 Å². The highest BCUT2D eigenvalue weighted by molar-refractivity contribution is 5.56. The van der Waals surface area contributed by atoms with Crippen LogP contribution in [0.3, 0.4) is 0 Å². The minimum Gasteiger partial charge on any atom is -0.385 e. The molecule has 17 heavy (non-hydrogen) atoms. The molecule has 1 atom stereocenters. The zero-order valence-electron chi connectivity index (χ0n) is 11.3. The molecule has 0 amide bonds. The number of nitrogens with zero attached hydrogens (tertiary/aromatic N) is 1. The summed E-state index contributed by atoms with van der Waals surface area (Å²) < 4.78 is 0. The summed E-state index contributed by atoms with van der Waals surface area (Å²) in [7, 11) is 0. The van der Waals surface area contributed by atoms with E-state index < -0.39 is 0 Å². The van der Waals surface area contributed by atoms with Crippen molar-refractivity contribution in [3.63, 3.8) is 0 Å². The average Bonchev–Trinajstić information content (AvgIpc) is 2.35. The Hall–Kier alpha value is -1.02. The number of likely N-dealkylation sites (N-methyl/N-ethyl adjacent to an activating group) is 1. The Labute approximate surface area is 105 Å². The van der Waals surface area contributed by atoms with E-state index in [0.717, 1.165) is 19.6 Å². The minimum absolute atomic E-state index is 0.701. The van der Waals surface area contributed by atoms with Crippen molar-refractivity contribution < 1.29 is 0 Å². The van der Waals surface area contributed by atoms with E-state index in [2.05, 4.69) is 49.2 Å². The molecule has 1 N–H and O–H groups in total. The molecule has 94 valence electrons. The Balaban J connectivity index is 2.16. The van der Waals surface area contributed by atoms with Crippen molar-refractivity contribution in [2.75, 3.05) is 31.5 Å². The van der Waals surface area contributed by atoms with Crippen LogP contribution in [0, 0.1) is 6.92 Å². The quantitative estimate of drug-likeness (QED) is 0.857. The van der Waals surface area contributed by atoms with E-state index >= 15 is 0 Å². The highest BCUT2D eigenvalue weighted by Gasteiger charge is 2.21. The van der Waals surface area contributed by atoms with Gasteiger partial charge in [0.05, 0.1) is 0 Å². The first kappa shape index (κ1) is 12.4. The van der Waals surface area contributed by atoms with E-state index in [0.29, 0.717) is 5.92 Å². The fourth-order valence-electron chi connectivity index (χ4n) is 2.70. The maximum atomic E-state index is 3.52. The van der Waals surface area contributed by atoms with E-state index in [1.54, 1.807) is 0 Å². The number of fused-ring (bicyclic) bond motifs is 1. The highest BCUT2D eigenvalue weighted by atomic mass is 15.1. The molecule has 0 saturated heterocycles. The third-order valence-corrected chi connectivity index (χ3v) is 3.83. The second-order valence-corrected chi connectivity index (χ2v) is 4.99. The van der Waals surface area contributed by atoms with Crippen LogP contribution in [0.25, 0.3) is 0 Å². The van der Waals surface area contributed by atoms with Gasteiger partial charge in [0.15, 0.2) is 0 Å². The van der Waals surface area contributed by atoms with Gasteiger partial charge >= 0.3 is 0 Å². The summed E-state index contributed by atoms with van der Waals surface area (Å²) in [6.07, 6.45) is 1.26. The van der Waals surface area contributed by atoms with Gasteiger partial charge < -0.3 is 10.2 Å². The van der Waals surface area contributed by atoms with Crippen LogP contribution in [0.4, 0.5) is 5.69 Å². The van der Waals surface area contributed by atoms with E-state index in [4.69, 9.17) is 0 Å². The minimum atomic E-state index is 0.701. The summed E-state index contributed by atoms with van der Waals surface area (Å²) in [5.74, 6) is 0.701. The number of hydrogen-bond acceptors (Lipinski definition) is 2. The lowest BCUT2D eigenvalue weighted by Gasteiger charge is -2.31. The van der Waals surface area contributed by atoms with Gasteiger partial charge in [0, 0.05) is 24.7 Å². The Morgan fingerprint density at radius 1 is 1.29 bits per heavy atom. The summed E-state index contributed by atoms with van der Waals surface area (Å²) in [6.45, 7) is 11.3. The standard InChI is InChI=1S/C15H24N2/c1-4-17(5-2)11-13-8-9-16-15-10-12(3)6-7-14(13)15/h6-7,10,13,16H,4-5,8-9,11H2,1-3H3. The van der Waals surface area contributed by atoms with Crippen molar-refractivity contribution in [3.05, 3.63) is 29.3 Å². The zero-order chi connectivity index (χ0) is 12.3. The molecule has 1 heterocycles. The number of nitrogens with one attached hydrogen (secondary N) is 1. The fraction of sp³-hybridized carbons (Fsp3) is 0.600. The predicted molar refractivity (Wildman–Crippen MR) is 74.8 cm³/mol. The van der Waals surface area contributed by atoms with Gasteiger partial charge in [-0.1, -0.05) is 26.0 Å². The molecule has 0 saturated carbocycles. The first-order valence-corrected chi connectivity index (χ1v) is 6.81. The Kier molecular flexibility index (Phi) is 4.06. The van der Waals surface area contributed by atoms with Crippen molar-refractivity contribution in [2.45, 2.75) is 33.1 Å². The van der Waals surface area contributed by atoms with Gasteiger partial charge in [-0.2, -0.15) is 0 Å². The Bertz CT molecular complexity index is 369. The molecule has 1 aliphatic heterocycles. The molecule has 0 spiro atoms. The van der Waals surface area contributed by atoms with Crippen molar-refractivity contribution in [1.29, 1.82) is 0 Å². The molecule has 0 bridgehead atoms. The molecule has 1 aromatic rings. The Morgan fingerprint density at radius 3 is 2.76 bits per heavy atom. The second-order valence-electron chi connectivity index (χ2n) is 4.99. The zero-order valence-corrected chi connectivity index (χ0v) is 11.3. The van der Waals surface area contributed by atoms with Gasteiger partial charge in [-0.15, -0.1) is 0 Å². The summed E-state index contributed by atoms with van der Waals surface area (Å²) in [5, 5.41) is 3.52.